The highest BCUT2D eigenvalue weighted by atomic mass is 32.1. The normalized spacial score (nSPS) is 11.1. The Kier molecular flexibility index (Phi) is 3.51. The predicted molar refractivity (Wildman–Crippen MR) is 98.6 cm³/mol. The molecule has 6 nitrogen and oxygen atoms in total. The first-order valence-electron chi connectivity index (χ1n) is 7.62. The van der Waals surface area contributed by atoms with Gasteiger partial charge in [-0.05, 0) is 23.7 Å². The third kappa shape index (κ3) is 2.45. The summed E-state index contributed by atoms with van der Waals surface area (Å²) in [5, 5.41) is 19.4. The molecule has 0 bridgehead atoms. The molecule has 2 aromatic heterocycles. The van der Waals surface area contributed by atoms with E-state index in [-0.39, 0.29) is 11.3 Å². The molecule has 124 valence electrons. The van der Waals surface area contributed by atoms with Gasteiger partial charge in [-0.1, -0.05) is 36.4 Å². The van der Waals surface area contributed by atoms with E-state index in [0.29, 0.717) is 16.2 Å². The van der Waals surface area contributed by atoms with Crippen LogP contribution in [0.1, 0.15) is 0 Å². The second-order valence-corrected chi connectivity index (χ2v) is 6.09. The number of rotatable bonds is 2. The molecule has 4 rings (SSSR count). The van der Waals surface area contributed by atoms with Crippen molar-refractivity contribution < 1.29 is 5.11 Å². The van der Waals surface area contributed by atoms with E-state index in [1.807, 2.05) is 42.5 Å². The second kappa shape index (κ2) is 5.71. The van der Waals surface area contributed by atoms with Crippen molar-refractivity contribution in [3.05, 3.63) is 69.9 Å². The molecule has 2 N–H and O–H groups in total. The molecule has 0 amide bonds. The minimum atomic E-state index is -0.299. The van der Waals surface area contributed by atoms with Gasteiger partial charge >= 0.3 is 0 Å². The lowest BCUT2D eigenvalue weighted by atomic mass is 10.1. The summed E-state index contributed by atoms with van der Waals surface area (Å²) >= 11 is 5.41. The number of aryl methyl sites for hydroxylation is 1. The van der Waals surface area contributed by atoms with Crippen molar-refractivity contribution in [1.82, 2.24) is 19.3 Å². The van der Waals surface area contributed by atoms with E-state index in [4.69, 9.17) is 12.2 Å². The van der Waals surface area contributed by atoms with Gasteiger partial charge in [0, 0.05) is 24.7 Å². The van der Waals surface area contributed by atoms with E-state index in [2.05, 4.69) is 10.2 Å². The minimum absolute atomic E-state index is 0.140. The molecular weight excluding hydrogens is 336 g/mol. The summed E-state index contributed by atoms with van der Waals surface area (Å²) in [4.78, 5) is 11.7. The number of aromatic nitrogens is 4. The van der Waals surface area contributed by atoms with Crippen molar-refractivity contribution in [2.75, 3.05) is 0 Å². The van der Waals surface area contributed by atoms with Crippen molar-refractivity contribution in [1.29, 1.82) is 0 Å². The van der Waals surface area contributed by atoms with Gasteiger partial charge < -0.3 is 9.67 Å². The van der Waals surface area contributed by atoms with Crippen LogP contribution in [0.25, 0.3) is 27.8 Å². The zero-order chi connectivity index (χ0) is 17.6. The lowest BCUT2D eigenvalue weighted by Gasteiger charge is -2.11. The summed E-state index contributed by atoms with van der Waals surface area (Å²) < 4.78 is 3.55. The van der Waals surface area contributed by atoms with Gasteiger partial charge in [0.05, 0.1) is 11.3 Å². The molecule has 0 aliphatic heterocycles. The summed E-state index contributed by atoms with van der Waals surface area (Å²) in [7, 11) is 1.62. The molecule has 0 aliphatic carbocycles. The van der Waals surface area contributed by atoms with Gasteiger partial charge in [-0.25, -0.2) is 0 Å². The van der Waals surface area contributed by atoms with E-state index in [1.54, 1.807) is 17.8 Å². The van der Waals surface area contributed by atoms with Crippen LogP contribution in [-0.2, 0) is 7.05 Å². The first kappa shape index (κ1) is 15.3. The van der Waals surface area contributed by atoms with Crippen LogP contribution in [0.15, 0.2) is 59.5 Å². The summed E-state index contributed by atoms with van der Waals surface area (Å²) in [5.41, 5.74) is 0.967. The Morgan fingerprint density at radius 2 is 1.92 bits per heavy atom. The maximum absolute atomic E-state index is 11.7. The summed E-state index contributed by atoms with van der Waals surface area (Å²) in [6.45, 7) is 0. The van der Waals surface area contributed by atoms with Gasteiger partial charge in [-0.15, -0.1) is 0 Å². The molecule has 0 saturated heterocycles. The van der Waals surface area contributed by atoms with Crippen LogP contribution in [0.4, 0.5) is 0 Å². The standard InChI is InChI=1S/C18H14N4O2S/c1-21-10-13(15(23)9-16(21)24)17-19-20-18(25)22(17)14-8-4-6-11-5-2-3-7-12(11)14/h2-10,23H,1H3,(H,20,25). The quantitative estimate of drug-likeness (QED) is 0.545. The lowest BCUT2D eigenvalue weighted by Crippen LogP contribution is -2.15. The van der Waals surface area contributed by atoms with Crippen molar-refractivity contribution in [3.8, 4) is 22.8 Å². The topological polar surface area (TPSA) is 75.8 Å². The Balaban J connectivity index is 2.06. The highest BCUT2D eigenvalue weighted by Gasteiger charge is 2.17. The average Bonchev–Trinajstić information content (AvgIpc) is 2.99. The Morgan fingerprint density at radius 1 is 1.16 bits per heavy atom. The summed E-state index contributed by atoms with van der Waals surface area (Å²) in [6, 6.07) is 15.0. The van der Waals surface area contributed by atoms with Crippen LogP contribution in [0, 0.1) is 4.77 Å². The maximum atomic E-state index is 11.7. The van der Waals surface area contributed by atoms with Crippen molar-refractivity contribution in [2.45, 2.75) is 0 Å². The number of nitrogens with one attached hydrogen (secondary N) is 1. The number of hydrogen-bond donors (Lipinski definition) is 2. The maximum Gasteiger partial charge on any atom is 0.254 e. The van der Waals surface area contributed by atoms with E-state index >= 15 is 0 Å². The first-order chi connectivity index (χ1) is 12.1. The molecule has 25 heavy (non-hydrogen) atoms. The van der Waals surface area contributed by atoms with Crippen LogP contribution in [0.3, 0.4) is 0 Å². The Bertz CT molecular complexity index is 1210. The molecule has 0 saturated carbocycles. The molecule has 0 fully saturated rings. The van der Waals surface area contributed by atoms with Gasteiger partial charge in [-0.3, -0.25) is 14.5 Å². The molecule has 2 aromatic carbocycles. The van der Waals surface area contributed by atoms with Gasteiger partial charge in [0.15, 0.2) is 10.6 Å². The molecule has 0 spiro atoms. The summed E-state index contributed by atoms with van der Waals surface area (Å²) in [6.07, 6.45) is 1.55. The first-order valence-corrected chi connectivity index (χ1v) is 8.02. The van der Waals surface area contributed by atoms with E-state index < -0.39 is 0 Å². The van der Waals surface area contributed by atoms with Crippen LogP contribution < -0.4 is 5.56 Å². The van der Waals surface area contributed by atoms with E-state index in [9.17, 15) is 9.90 Å². The molecular formula is C18H14N4O2S. The average molecular weight is 350 g/mol. The van der Waals surface area contributed by atoms with Crippen LogP contribution in [-0.4, -0.2) is 24.4 Å². The predicted octanol–water partition coefficient (Wildman–Crippen LogP) is 3.15. The number of benzene rings is 2. The monoisotopic (exact) mass is 350 g/mol. The van der Waals surface area contributed by atoms with Gasteiger partial charge in [-0.2, -0.15) is 5.10 Å². The lowest BCUT2D eigenvalue weighted by molar-refractivity contribution is 0.473. The van der Waals surface area contributed by atoms with Gasteiger partial charge in [0.1, 0.15) is 5.75 Å². The van der Waals surface area contributed by atoms with E-state index in [0.717, 1.165) is 16.5 Å². The third-order valence-electron chi connectivity index (χ3n) is 4.13. The van der Waals surface area contributed by atoms with Crippen molar-refractivity contribution in [2.24, 2.45) is 7.05 Å². The molecule has 0 aliphatic rings. The molecule has 0 unspecified atom stereocenters. The third-order valence-corrected chi connectivity index (χ3v) is 4.40. The highest BCUT2D eigenvalue weighted by molar-refractivity contribution is 7.71. The number of pyridine rings is 1. The number of fused-ring (bicyclic) bond motifs is 1. The fourth-order valence-corrected chi connectivity index (χ4v) is 3.13. The Morgan fingerprint density at radius 3 is 2.76 bits per heavy atom. The fraction of sp³-hybridized carbons (Fsp3) is 0.0556. The number of aromatic amines is 1. The fourth-order valence-electron chi connectivity index (χ4n) is 2.90. The molecule has 2 heterocycles. The second-order valence-electron chi connectivity index (χ2n) is 5.71. The molecule has 4 aromatic rings. The molecule has 0 atom stereocenters. The molecule has 7 heteroatoms. The van der Waals surface area contributed by atoms with Crippen LogP contribution in [0.5, 0.6) is 5.75 Å². The highest BCUT2D eigenvalue weighted by Crippen LogP contribution is 2.30. The summed E-state index contributed by atoms with van der Waals surface area (Å²) in [5.74, 6) is 0.299. The van der Waals surface area contributed by atoms with Gasteiger partial charge in [0.2, 0.25) is 0 Å². The van der Waals surface area contributed by atoms with Crippen LogP contribution in [0.2, 0.25) is 0 Å². The number of nitrogens with zero attached hydrogens (tertiary/aromatic N) is 3. The number of aromatic hydroxyl groups is 1. The minimum Gasteiger partial charge on any atom is -0.507 e. The molecule has 0 radical (unpaired) electrons. The number of H-pyrrole nitrogens is 1. The SMILES string of the molecule is Cn1cc(-c2n[nH]c(=S)n2-c2cccc3ccccc23)c(O)cc1=O. The van der Waals surface area contributed by atoms with E-state index in [1.165, 1.54) is 10.6 Å². The van der Waals surface area contributed by atoms with Crippen molar-refractivity contribution in [3.63, 3.8) is 0 Å². The zero-order valence-electron chi connectivity index (χ0n) is 13.3. The smallest absolute Gasteiger partial charge is 0.254 e. The van der Waals surface area contributed by atoms with Gasteiger partial charge in [0.25, 0.3) is 5.56 Å². The largest absolute Gasteiger partial charge is 0.507 e. The Labute approximate surface area is 147 Å². The van der Waals surface area contributed by atoms with Crippen LogP contribution >= 0.6 is 12.2 Å². The number of hydrogen-bond acceptors (Lipinski definition) is 4. The zero-order valence-corrected chi connectivity index (χ0v) is 14.1. The van der Waals surface area contributed by atoms with Crippen molar-refractivity contribution >= 4 is 23.0 Å². The Hall–Kier alpha value is -3.19.